The lowest BCUT2D eigenvalue weighted by molar-refractivity contribution is 0.0273. The summed E-state index contributed by atoms with van der Waals surface area (Å²) in [7, 11) is 0. The summed E-state index contributed by atoms with van der Waals surface area (Å²) in [4.78, 5) is 27.7. The minimum absolute atomic E-state index is 0.142. The first-order chi connectivity index (χ1) is 11.1. The third kappa shape index (κ3) is 3.80. The molecule has 3 rings (SSSR count). The quantitative estimate of drug-likeness (QED) is 0.798. The van der Waals surface area contributed by atoms with E-state index in [1.165, 1.54) is 16.3 Å². The molecule has 1 saturated heterocycles. The van der Waals surface area contributed by atoms with Crippen LogP contribution in [0.25, 0.3) is 0 Å². The molecule has 0 saturated carbocycles. The number of ether oxygens (including phenoxy) is 2. The van der Waals surface area contributed by atoms with Crippen molar-refractivity contribution in [2.75, 3.05) is 13.2 Å². The first-order valence-electron chi connectivity index (χ1n) is 7.18. The van der Waals surface area contributed by atoms with Crippen molar-refractivity contribution >= 4 is 17.7 Å². The number of thioether (sulfide) groups is 1. The molecule has 23 heavy (non-hydrogen) atoms. The van der Waals surface area contributed by atoms with E-state index in [0.717, 1.165) is 0 Å². The molecule has 2 unspecified atom stereocenters. The molecule has 6 nitrogen and oxygen atoms in total. The number of carbonyl (C=O) groups is 1. The molecule has 0 aliphatic carbocycles. The second-order valence-corrected chi connectivity index (χ2v) is 6.42. The van der Waals surface area contributed by atoms with Gasteiger partial charge in [0.25, 0.3) is 0 Å². The number of hydrogen-bond acceptors (Lipinski definition) is 6. The summed E-state index contributed by atoms with van der Waals surface area (Å²) < 4.78 is 12.4. The van der Waals surface area contributed by atoms with Gasteiger partial charge >= 0.3 is 11.7 Å². The molecule has 1 aliphatic heterocycles. The number of aromatic nitrogens is 2. The van der Waals surface area contributed by atoms with Crippen molar-refractivity contribution in [3.63, 3.8) is 0 Å². The maximum absolute atomic E-state index is 11.9. The Hall–Kier alpha value is -2.12. The van der Waals surface area contributed by atoms with Crippen LogP contribution < -0.4 is 5.69 Å². The standard InChI is InChI=1S/C16H16N2O4S/c1-11-7-8-18(16(20)17-11)13-9-21-14(23-13)10-22-15(19)12-5-3-2-4-6-12/h2-8,13-14H,9-10H2,1H3. The Kier molecular flexibility index (Phi) is 4.78. The molecule has 2 atom stereocenters. The molecule has 1 aromatic heterocycles. The van der Waals surface area contributed by atoms with Gasteiger partial charge in [-0.05, 0) is 25.1 Å². The molecule has 0 amide bonds. The van der Waals surface area contributed by atoms with Crippen molar-refractivity contribution in [2.24, 2.45) is 0 Å². The lowest BCUT2D eigenvalue weighted by Gasteiger charge is -2.12. The van der Waals surface area contributed by atoms with Crippen molar-refractivity contribution in [1.82, 2.24) is 9.55 Å². The largest absolute Gasteiger partial charge is 0.458 e. The highest BCUT2D eigenvalue weighted by Gasteiger charge is 2.29. The van der Waals surface area contributed by atoms with Gasteiger partial charge in [0, 0.05) is 11.9 Å². The van der Waals surface area contributed by atoms with E-state index in [-0.39, 0.29) is 29.1 Å². The zero-order valence-electron chi connectivity index (χ0n) is 12.5. The normalized spacial score (nSPS) is 20.4. The third-order valence-corrected chi connectivity index (χ3v) is 4.63. The lowest BCUT2D eigenvalue weighted by atomic mass is 10.2. The van der Waals surface area contributed by atoms with Crippen LogP contribution in [0.1, 0.15) is 21.4 Å². The van der Waals surface area contributed by atoms with Crippen LogP contribution in [0.4, 0.5) is 0 Å². The van der Waals surface area contributed by atoms with Crippen LogP contribution in [0.15, 0.2) is 47.4 Å². The SMILES string of the molecule is Cc1ccn(C2COC(COC(=O)c3ccccc3)S2)c(=O)n1. The fourth-order valence-electron chi connectivity index (χ4n) is 2.19. The van der Waals surface area contributed by atoms with Crippen LogP contribution in [0.2, 0.25) is 0 Å². The number of esters is 1. The molecule has 0 N–H and O–H groups in total. The average Bonchev–Trinajstić information content (AvgIpc) is 3.02. The van der Waals surface area contributed by atoms with Gasteiger partial charge in [0.1, 0.15) is 17.4 Å². The highest BCUT2D eigenvalue weighted by atomic mass is 32.2. The van der Waals surface area contributed by atoms with Crippen LogP contribution in [-0.4, -0.2) is 34.2 Å². The van der Waals surface area contributed by atoms with Crippen molar-refractivity contribution in [3.8, 4) is 0 Å². The molecule has 2 heterocycles. The molecule has 0 radical (unpaired) electrons. The maximum Gasteiger partial charge on any atom is 0.348 e. The topological polar surface area (TPSA) is 70.4 Å². The van der Waals surface area contributed by atoms with Crippen molar-refractivity contribution < 1.29 is 14.3 Å². The van der Waals surface area contributed by atoms with Crippen LogP contribution >= 0.6 is 11.8 Å². The van der Waals surface area contributed by atoms with Crippen molar-refractivity contribution in [1.29, 1.82) is 0 Å². The molecule has 2 aromatic rings. The Labute approximate surface area is 137 Å². The molecule has 7 heteroatoms. The van der Waals surface area contributed by atoms with Gasteiger partial charge in [0.15, 0.2) is 0 Å². The summed E-state index contributed by atoms with van der Waals surface area (Å²) in [6, 6.07) is 10.6. The van der Waals surface area contributed by atoms with E-state index < -0.39 is 0 Å². The van der Waals surface area contributed by atoms with Crippen molar-refractivity contribution in [2.45, 2.75) is 17.7 Å². The Morgan fingerprint density at radius 3 is 2.91 bits per heavy atom. The predicted molar refractivity (Wildman–Crippen MR) is 86.3 cm³/mol. The van der Waals surface area contributed by atoms with Gasteiger partial charge in [-0.25, -0.2) is 9.59 Å². The zero-order valence-corrected chi connectivity index (χ0v) is 13.4. The minimum Gasteiger partial charge on any atom is -0.458 e. The molecule has 1 fully saturated rings. The minimum atomic E-state index is -0.382. The number of aryl methyl sites for hydroxylation is 1. The first-order valence-corrected chi connectivity index (χ1v) is 8.13. The zero-order chi connectivity index (χ0) is 16.2. The average molecular weight is 332 g/mol. The van der Waals surface area contributed by atoms with E-state index in [0.29, 0.717) is 17.9 Å². The molecular formula is C16H16N2O4S. The van der Waals surface area contributed by atoms with Gasteiger partial charge in [-0.2, -0.15) is 4.98 Å². The van der Waals surface area contributed by atoms with Gasteiger partial charge in [0.2, 0.25) is 0 Å². The molecule has 1 aliphatic rings. The highest BCUT2D eigenvalue weighted by molar-refractivity contribution is 8.00. The van der Waals surface area contributed by atoms with Crippen LogP contribution in [0.5, 0.6) is 0 Å². The number of benzene rings is 1. The molecule has 1 aromatic carbocycles. The smallest absolute Gasteiger partial charge is 0.348 e. The monoisotopic (exact) mass is 332 g/mol. The summed E-state index contributed by atoms with van der Waals surface area (Å²) in [6.07, 6.45) is 1.71. The summed E-state index contributed by atoms with van der Waals surface area (Å²) in [6.45, 7) is 2.29. The van der Waals surface area contributed by atoms with E-state index in [1.807, 2.05) is 6.07 Å². The second-order valence-electron chi connectivity index (χ2n) is 5.08. The van der Waals surface area contributed by atoms with Gasteiger partial charge < -0.3 is 9.47 Å². The Morgan fingerprint density at radius 2 is 2.17 bits per heavy atom. The van der Waals surface area contributed by atoms with E-state index in [4.69, 9.17) is 9.47 Å². The van der Waals surface area contributed by atoms with Gasteiger partial charge in [0.05, 0.1) is 12.2 Å². The number of rotatable bonds is 4. The van der Waals surface area contributed by atoms with E-state index >= 15 is 0 Å². The number of nitrogens with zero attached hydrogens (tertiary/aromatic N) is 2. The third-order valence-electron chi connectivity index (χ3n) is 3.37. The van der Waals surface area contributed by atoms with Gasteiger partial charge in [-0.1, -0.05) is 30.0 Å². The Bertz CT molecular complexity index is 747. The number of hydrogen-bond donors (Lipinski definition) is 0. The molecule has 0 bridgehead atoms. The fraction of sp³-hybridized carbons (Fsp3) is 0.312. The highest BCUT2D eigenvalue weighted by Crippen LogP contribution is 2.34. The van der Waals surface area contributed by atoms with Gasteiger partial charge in [-0.3, -0.25) is 4.57 Å². The summed E-state index contributed by atoms with van der Waals surface area (Å²) in [5.74, 6) is -0.382. The maximum atomic E-state index is 11.9. The summed E-state index contributed by atoms with van der Waals surface area (Å²) >= 11 is 1.44. The van der Waals surface area contributed by atoms with Crippen LogP contribution in [0, 0.1) is 6.92 Å². The fourth-order valence-corrected chi connectivity index (χ4v) is 3.30. The van der Waals surface area contributed by atoms with Crippen LogP contribution in [-0.2, 0) is 9.47 Å². The molecule has 120 valence electrons. The Balaban J connectivity index is 1.56. The summed E-state index contributed by atoms with van der Waals surface area (Å²) in [5, 5.41) is -0.156. The Morgan fingerprint density at radius 1 is 1.39 bits per heavy atom. The van der Waals surface area contributed by atoms with E-state index in [2.05, 4.69) is 4.98 Å². The second kappa shape index (κ2) is 6.97. The van der Waals surface area contributed by atoms with Gasteiger partial charge in [-0.15, -0.1) is 0 Å². The van der Waals surface area contributed by atoms with Crippen LogP contribution in [0.3, 0.4) is 0 Å². The van der Waals surface area contributed by atoms with E-state index in [9.17, 15) is 9.59 Å². The summed E-state index contributed by atoms with van der Waals surface area (Å²) in [5.41, 5.74) is 0.600. The van der Waals surface area contributed by atoms with Crippen molar-refractivity contribution in [3.05, 3.63) is 64.3 Å². The van der Waals surface area contributed by atoms with E-state index in [1.54, 1.807) is 43.5 Å². The first kappa shape index (κ1) is 15.8. The lowest BCUT2D eigenvalue weighted by Crippen LogP contribution is -2.25. The predicted octanol–water partition coefficient (Wildman–Crippen LogP) is 2.00. The molecule has 0 spiro atoms. The molecular weight excluding hydrogens is 316 g/mol. The number of carbonyl (C=O) groups excluding carboxylic acids is 1.